The van der Waals surface area contributed by atoms with Gasteiger partial charge in [-0.3, -0.25) is 4.79 Å². The van der Waals surface area contributed by atoms with Crippen LogP contribution in [0.15, 0.2) is 12.1 Å². The van der Waals surface area contributed by atoms with Crippen molar-refractivity contribution in [3.8, 4) is 5.75 Å². The van der Waals surface area contributed by atoms with E-state index in [0.717, 1.165) is 11.1 Å². The van der Waals surface area contributed by atoms with Gasteiger partial charge < -0.3 is 20.1 Å². The van der Waals surface area contributed by atoms with E-state index in [2.05, 4.69) is 5.32 Å². The maximum Gasteiger partial charge on any atom is 0.407 e. The van der Waals surface area contributed by atoms with Crippen molar-refractivity contribution in [1.29, 1.82) is 0 Å². The molecule has 3 rings (SSSR count). The molecular formula is C12H12N2O4. The van der Waals surface area contributed by atoms with E-state index >= 15 is 0 Å². The van der Waals surface area contributed by atoms with Gasteiger partial charge in [-0.2, -0.15) is 0 Å². The van der Waals surface area contributed by atoms with Crippen LogP contribution < -0.4 is 10.1 Å². The third-order valence-corrected chi connectivity index (χ3v) is 3.22. The Labute approximate surface area is 103 Å². The summed E-state index contributed by atoms with van der Waals surface area (Å²) in [6, 6.07) is 3.69. The average molecular weight is 248 g/mol. The van der Waals surface area contributed by atoms with Gasteiger partial charge in [0.15, 0.2) is 6.61 Å². The molecule has 0 radical (unpaired) electrons. The van der Waals surface area contributed by atoms with Crippen molar-refractivity contribution in [2.24, 2.45) is 0 Å². The van der Waals surface area contributed by atoms with Crippen LogP contribution in [-0.2, 0) is 17.8 Å². The number of anilines is 1. The van der Waals surface area contributed by atoms with Gasteiger partial charge in [-0.1, -0.05) is 0 Å². The standard InChI is InChI=1S/C12H12N2O4/c15-11-6-18-10-4-8-5-14(12(16)17)2-1-7(8)3-9(10)13-11/h3-4H,1-2,5-6H2,(H,13,15)(H,16,17). The SMILES string of the molecule is O=C1COc2cc3c(cc2N1)CCN(C(=O)O)C3. The Balaban J connectivity index is 1.95. The third-order valence-electron chi connectivity index (χ3n) is 3.22. The Morgan fingerprint density at radius 2 is 2.22 bits per heavy atom. The molecule has 0 unspecified atom stereocenters. The summed E-state index contributed by atoms with van der Waals surface area (Å²) in [7, 11) is 0. The van der Waals surface area contributed by atoms with Crippen molar-refractivity contribution in [3.05, 3.63) is 23.3 Å². The lowest BCUT2D eigenvalue weighted by molar-refractivity contribution is -0.118. The number of benzene rings is 1. The maximum absolute atomic E-state index is 11.2. The van der Waals surface area contributed by atoms with E-state index in [1.54, 1.807) is 0 Å². The first kappa shape index (κ1) is 10.9. The van der Waals surface area contributed by atoms with Crippen LogP contribution in [0, 0.1) is 0 Å². The van der Waals surface area contributed by atoms with Crippen LogP contribution in [0.2, 0.25) is 0 Å². The molecule has 0 aliphatic carbocycles. The molecule has 1 aromatic rings. The van der Waals surface area contributed by atoms with Gasteiger partial charge in [-0.15, -0.1) is 0 Å². The first-order valence-corrected chi connectivity index (χ1v) is 5.70. The second-order valence-electron chi connectivity index (χ2n) is 4.41. The van der Waals surface area contributed by atoms with E-state index in [0.29, 0.717) is 30.9 Å². The zero-order chi connectivity index (χ0) is 12.7. The lowest BCUT2D eigenvalue weighted by Gasteiger charge is -2.28. The van der Waals surface area contributed by atoms with Crippen LogP contribution in [-0.4, -0.2) is 35.2 Å². The predicted molar refractivity (Wildman–Crippen MR) is 62.7 cm³/mol. The maximum atomic E-state index is 11.2. The number of carbonyl (C=O) groups excluding carboxylic acids is 1. The summed E-state index contributed by atoms with van der Waals surface area (Å²) in [6.07, 6.45) is -0.252. The Kier molecular flexibility index (Phi) is 2.36. The number of carbonyl (C=O) groups is 2. The molecule has 2 heterocycles. The van der Waals surface area contributed by atoms with Crippen molar-refractivity contribution in [1.82, 2.24) is 4.90 Å². The monoisotopic (exact) mass is 248 g/mol. The molecule has 2 amide bonds. The van der Waals surface area contributed by atoms with Crippen LogP contribution in [0.1, 0.15) is 11.1 Å². The first-order valence-electron chi connectivity index (χ1n) is 5.70. The predicted octanol–water partition coefficient (Wildman–Crippen LogP) is 1.05. The van der Waals surface area contributed by atoms with Crippen molar-refractivity contribution in [2.45, 2.75) is 13.0 Å². The highest BCUT2D eigenvalue weighted by Crippen LogP contribution is 2.33. The second-order valence-corrected chi connectivity index (χ2v) is 4.41. The molecule has 0 spiro atoms. The van der Waals surface area contributed by atoms with Crippen LogP contribution in [0.25, 0.3) is 0 Å². The van der Waals surface area contributed by atoms with E-state index in [-0.39, 0.29) is 12.5 Å². The summed E-state index contributed by atoms with van der Waals surface area (Å²) in [4.78, 5) is 23.5. The fourth-order valence-corrected chi connectivity index (χ4v) is 2.30. The average Bonchev–Trinajstić information content (AvgIpc) is 2.35. The van der Waals surface area contributed by atoms with Gasteiger partial charge in [0.2, 0.25) is 0 Å². The summed E-state index contributed by atoms with van der Waals surface area (Å²) in [5.41, 5.74) is 2.68. The Bertz CT molecular complexity index is 541. The fraction of sp³-hybridized carbons (Fsp3) is 0.333. The van der Waals surface area contributed by atoms with E-state index in [4.69, 9.17) is 9.84 Å². The van der Waals surface area contributed by atoms with Gasteiger partial charge in [0.1, 0.15) is 5.75 Å². The first-order chi connectivity index (χ1) is 8.63. The van der Waals surface area contributed by atoms with Crippen LogP contribution in [0.4, 0.5) is 10.5 Å². The molecule has 0 saturated heterocycles. The molecule has 0 bridgehead atoms. The van der Waals surface area contributed by atoms with E-state index in [1.165, 1.54) is 4.90 Å². The topological polar surface area (TPSA) is 78.9 Å². The van der Waals surface area contributed by atoms with Crippen LogP contribution in [0.5, 0.6) is 5.75 Å². The highest BCUT2D eigenvalue weighted by molar-refractivity contribution is 5.95. The zero-order valence-corrected chi connectivity index (χ0v) is 9.60. The molecule has 0 atom stereocenters. The molecule has 2 N–H and O–H groups in total. The van der Waals surface area contributed by atoms with Gasteiger partial charge in [0, 0.05) is 13.1 Å². The molecule has 6 nitrogen and oxygen atoms in total. The van der Waals surface area contributed by atoms with E-state index in [9.17, 15) is 9.59 Å². The number of hydrogen-bond donors (Lipinski definition) is 2. The number of ether oxygens (including phenoxy) is 1. The molecule has 0 saturated carbocycles. The quantitative estimate of drug-likeness (QED) is 0.719. The largest absolute Gasteiger partial charge is 0.482 e. The smallest absolute Gasteiger partial charge is 0.407 e. The Morgan fingerprint density at radius 3 is 3.00 bits per heavy atom. The molecule has 0 fully saturated rings. The Hall–Kier alpha value is -2.24. The summed E-state index contributed by atoms with van der Waals surface area (Å²) in [6.45, 7) is 0.861. The Morgan fingerprint density at radius 1 is 1.39 bits per heavy atom. The molecule has 1 aromatic carbocycles. The van der Waals surface area contributed by atoms with Gasteiger partial charge in [-0.25, -0.2) is 4.79 Å². The molecule has 18 heavy (non-hydrogen) atoms. The minimum absolute atomic E-state index is 0.00836. The summed E-state index contributed by atoms with van der Waals surface area (Å²) in [5, 5.41) is 11.7. The lowest BCUT2D eigenvalue weighted by Crippen LogP contribution is -2.35. The summed E-state index contributed by atoms with van der Waals surface area (Å²) >= 11 is 0. The zero-order valence-electron chi connectivity index (χ0n) is 9.60. The van der Waals surface area contributed by atoms with Gasteiger partial charge >= 0.3 is 6.09 Å². The van der Waals surface area contributed by atoms with Crippen molar-refractivity contribution < 1.29 is 19.4 Å². The minimum atomic E-state index is -0.910. The molecule has 0 aromatic heterocycles. The molecule has 6 heteroatoms. The van der Waals surface area contributed by atoms with Crippen molar-refractivity contribution in [3.63, 3.8) is 0 Å². The number of hydrogen-bond acceptors (Lipinski definition) is 3. The molecule has 94 valence electrons. The highest BCUT2D eigenvalue weighted by atomic mass is 16.5. The fourth-order valence-electron chi connectivity index (χ4n) is 2.30. The highest BCUT2D eigenvalue weighted by Gasteiger charge is 2.24. The van der Waals surface area contributed by atoms with Crippen LogP contribution >= 0.6 is 0 Å². The van der Waals surface area contributed by atoms with Crippen molar-refractivity contribution >= 4 is 17.7 Å². The molecule has 2 aliphatic heterocycles. The molecule has 2 aliphatic rings. The number of carboxylic acid groups (broad SMARTS) is 1. The normalized spacial score (nSPS) is 17.3. The van der Waals surface area contributed by atoms with E-state index < -0.39 is 6.09 Å². The molecular weight excluding hydrogens is 236 g/mol. The lowest BCUT2D eigenvalue weighted by atomic mass is 9.98. The number of rotatable bonds is 0. The number of amides is 2. The number of nitrogens with zero attached hydrogens (tertiary/aromatic N) is 1. The van der Waals surface area contributed by atoms with Gasteiger partial charge in [-0.05, 0) is 29.7 Å². The van der Waals surface area contributed by atoms with Gasteiger partial charge in [0.05, 0.1) is 5.69 Å². The second kappa shape index (κ2) is 3.90. The summed E-state index contributed by atoms with van der Waals surface area (Å²) in [5.74, 6) is 0.450. The minimum Gasteiger partial charge on any atom is -0.482 e. The summed E-state index contributed by atoms with van der Waals surface area (Å²) < 4.78 is 5.32. The van der Waals surface area contributed by atoms with Crippen molar-refractivity contribution in [2.75, 3.05) is 18.5 Å². The number of nitrogens with one attached hydrogen (secondary N) is 1. The van der Waals surface area contributed by atoms with Gasteiger partial charge in [0.25, 0.3) is 5.91 Å². The van der Waals surface area contributed by atoms with Crippen LogP contribution in [0.3, 0.4) is 0 Å². The van der Waals surface area contributed by atoms with E-state index in [1.807, 2.05) is 12.1 Å². The third kappa shape index (κ3) is 1.75. The number of fused-ring (bicyclic) bond motifs is 2.